The summed E-state index contributed by atoms with van der Waals surface area (Å²) in [5.74, 6) is 0.875. The third-order valence-corrected chi connectivity index (χ3v) is 3.34. The van der Waals surface area contributed by atoms with E-state index < -0.39 is 0 Å². The largest absolute Gasteiger partial charge is 0.0696 e. The Hall–Kier alpha value is -1.73. The molecular formula is C14H17N3. The summed E-state index contributed by atoms with van der Waals surface area (Å²) >= 11 is 0. The van der Waals surface area contributed by atoms with Crippen molar-refractivity contribution in [2.45, 2.75) is 32.6 Å². The fraction of sp³-hybridized carbons (Fsp3) is 0.429. The highest BCUT2D eigenvalue weighted by molar-refractivity contribution is 5.56. The molecule has 1 aromatic rings. The molecule has 0 aromatic heterocycles. The molecule has 0 radical (unpaired) electrons. The second kappa shape index (κ2) is 5.55. The van der Waals surface area contributed by atoms with Crippen LogP contribution in [0, 0.1) is 5.92 Å². The maximum atomic E-state index is 8.32. The summed E-state index contributed by atoms with van der Waals surface area (Å²) in [5, 5.41) is 3.56. The summed E-state index contributed by atoms with van der Waals surface area (Å²) in [5.41, 5.74) is 11.7. The normalized spacial score (nSPS) is 19.6. The summed E-state index contributed by atoms with van der Waals surface area (Å²) in [4.78, 5) is 2.77. The van der Waals surface area contributed by atoms with E-state index in [1.54, 1.807) is 5.57 Å². The van der Waals surface area contributed by atoms with Gasteiger partial charge in [-0.15, -0.1) is 0 Å². The third kappa shape index (κ3) is 3.36. The Labute approximate surface area is 102 Å². The highest BCUT2D eigenvalue weighted by atomic mass is 15.1. The van der Waals surface area contributed by atoms with Gasteiger partial charge in [-0.2, -0.15) is 0 Å². The molecule has 1 saturated carbocycles. The van der Waals surface area contributed by atoms with Crippen LogP contribution in [0.1, 0.15) is 38.2 Å². The van der Waals surface area contributed by atoms with E-state index in [9.17, 15) is 0 Å². The number of hydrogen-bond donors (Lipinski definition) is 0. The monoisotopic (exact) mass is 227 g/mol. The standard InChI is InChI=1S/C14H17N3/c1-11-2-4-12(5-3-11)10-13-6-8-14(9-7-13)16-17-15/h6-11H,2-5H2,1H3. The van der Waals surface area contributed by atoms with Gasteiger partial charge in [-0.05, 0) is 42.7 Å². The lowest BCUT2D eigenvalue weighted by molar-refractivity contribution is 0.446. The van der Waals surface area contributed by atoms with Gasteiger partial charge in [0.1, 0.15) is 0 Å². The van der Waals surface area contributed by atoms with Gasteiger partial charge in [-0.3, -0.25) is 0 Å². The number of nitrogens with zero attached hydrogens (tertiary/aromatic N) is 3. The third-order valence-electron chi connectivity index (χ3n) is 3.34. The van der Waals surface area contributed by atoms with Gasteiger partial charge >= 0.3 is 0 Å². The summed E-state index contributed by atoms with van der Waals surface area (Å²) in [6.45, 7) is 2.32. The summed E-state index contributed by atoms with van der Waals surface area (Å²) in [6, 6.07) is 7.74. The van der Waals surface area contributed by atoms with Crippen LogP contribution in [0.5, 0.6) is 0 Å². The van der Waals surface area contributed by atoms with Crippen molar-refractivity contribution in [1.29, 1.82) is 0 Å². The predicted molar refractivity (Wildman–Crippen MR) is 70.9 cm³/mol. The fourth-order valence-corrected chi connectivity index (χ4v) is 2.20. The first-order valence-corrected chi connectivity index (χ1v) is 6.12. The van der Waals surface area contributed by atoms with Crippen molar-refractivity contribution in [3.05, 3.63) is 45.8 Å². The smallest absolute Gasteiger partial charge is 0.0375 e. The molecule has 1 fully saturated rings. The number of allylic oxidation sites excluding steroid dienone is 1. The minimum Gasteiger partial charge on any atom is -0.0696 e. The van der Waals surface area contributed by atoms with Crippen molar-refractivity contribution in [2.75, 3.05) is 0 Å². The molecular weight excluding hydrogens is 210 g/mol. The molecule has 88 valence electrons. The van der Waals surface area contributed by atoms with Gasteiger partial charge in [0, 0.05) is 10.6 Å². The van der Waals surface area contributed by atoms with E-state index in [0.29, 0.717) is 5.69 Å². The first-order valence-electron chi connectivity index (χ1n) is 6.12. The van der Waals surface area contributed by atoms with Gasteiger partial charge in [-0.1, -0.05) is 48.0 Å². The van der Waals surface area contributed by atoms with Crippen molar-refractivity contribution < 1.29 is 0 Å². The van der Waals surface area contributed by atoms with Gasteiger partial charge in [0.2, 0.25) is 0 Å². The van der Waals surface area contributed by atoms with E-state index in [0.717, 1.165) is 5.92 Å². The molecule has 0 saturated heterocycles. The van der Waals surface area contributed by atoms with Crippen LogP contribution >= 0.6 is 0 Å². The minimum absolute atomic E-state index is 0.673. The Morgan fingerprint density at radius 3 is 2.47 bits per heavy atom. The lowest BCUT2D eigenvalue weighted by atomic mass is 9.86. The van der Waals surface area contributed by atoms with Crippen molar-refractivity contribution in [3.8, 4) is 0 Å². The Bertz CT molecular complexity index is 443. The average molecular weight is 227 g/mol. The van der Waals surface area contributed by atoms with Crippen LogP contribution in [0.15, 0.2) is 35.0 Å². The zero-order chi connectivity index (χ0) is 12.1. The van der Waals surface area contributed by atoms with Crippen LogP contribution in [0.25, 0.3) is 16.5 Å². The number of rotatable bonds is 2. The zero-order valence-electron chi connectivity index (χ0n) is 10.1. The van der Waals surface area contributed by atoms with E-state index in [4.69, 9.17) is 5.53 Å². The molecule has 0 aliphatic heterocycles. The summed E-state index contributed by atoms with van der Waals surface area (Å²) in [6.07, 6.45) is 7.33. The van der Waals surface area contributed by atoms with Crippen LogP contribution in [0.2, 0.25) is 0 Å². The molecule has 2 rings (SSSR count). The van der Waals surface area contributed by atoms with Gasteiger partial charge < -0.3 is 0 Å². The first-order chi connectivity index (χ1) is 8.28. The highest BCUT2D eigenvalue weighted by Gasteiger charge is 2.11. The van der Waals surface area contributed by atoms with Crippen LogP contribution in [0.3, 0.4) is 0 Å². The molecule has 0 amide bonds. The maximum absolute atomic E-state index is 8.32. The average Bonchev–Trinajstić information content (AvgIpc) is 2.35. The minimum atomic E-state index is 0.673. The summed E-state index contributed by atoms with van der Waals surface area (Å²) < 4.78 is 0. The fourth-order valence-electron chi connectivity index (χ4n) is 2.20. The molecule has 0 spiro atoms. The first kappa shape index (κ1) is 11.7. The van der Waals surface area contributed by atoms with E-state index in [2.05, 4.69) is 23.0 Å². The lowest BCUT2D eigenvalue weighted by Crippen LogP contribution is -2.03. The Morgan fingerprint density at radius 2 is 1.88 bits per heavy atom. The van der Waals surface area contributed by atoms with Crippen LogP contribution < -0.4 is 0 Å². The van der Waals surface area contributed by atoms with Gasteiger partial charge in [0.15, 0.2) is 0 Å². The zero-order valence-corrected chi connectivity index (χ0v) is 10.1. The van der Waals surface area contributed by atoms with Crippen LogP contribution in [0.4, 0.5) is 5.69 Å². The summed E-state index contributed by atoms with van der Waals surface area (Å²) in [7, 11) is 0. The molecule has 0 unspecified atom stereocenters. The molecule has 1 aromatic carbocycles. The van der Waals surface area contributed by atoms with Gasteiger partial charge in [0.25, 0.3) is 0 Å². The SMILES string of the molecule is CC1CCC(=Cc2ccc(N=[N+]=[N-])cc2)CC1. The van der Waals surface area contributed by atoms with E-state index >= 15 is 0 Å². The quantitative estimate of drug-likeness (QED) is 0.378. The van der Waals surface area contributed by atoms with Crippen LogP contribution in [-0.4, -0.2) is 0 Å². The topological polar surface area (TPSA) is 48.8 Å². The number of hydrogen-bond acceptors (Lipinski definition) is 1. The van der Waals surface area contributed by atoms with Crippen molar-refractivity contribution >= 4 is 11.8 Å². The Kier molecular flexibility index (Phi) is 3.84. The molecule has 3 heteroatoms. The Balaban J connectivity index is 2.07. The van der Waals surface area contributed by atoms with Crippen molar-refractivity contribution in [3.63, 3.8) is 0 Å². The van der Waals surface area contributed by atoms with E-state index in [-0.39, 0.29) is 0 Å². The van der Waals surface area contributed by atoms with E-state index in [1.165, 1.54) is 31.2 Å². The predicted octanol–water partition coefficient (Wildman–Crippen LogP) is 5.22. The number of azide groups is 1. The molecule has 1 aliphatic carbocycles. The van der Waals surface area contributed by atoms with Crippen molar-refractivity contribution in [1.82, 2.24) is 0 Å². The van der Waals surface area contributed by atoms with Gasteiger partial charge in [-0.25, -0.2) is 0 Å². The molecule has 0 atom stereocenters. The molecule has 3 nitrogen and oxygen atoms in total. The number of benzene rings is 1. The van der Waals surface area contributed by atoms with Crippen molar-refractivity contribution in [2.24, 2.45) is 11.0 Å². The lowest BCUT2D eigenvalue weighted by Gasteiger charge is -2.20. The molecule has 1 aliphatic rings. The molecule has 0 bridgehead atoms. The van der Waals surface area contributed by atoms with Gasteiger partial charge in [0.05, 0.1) is 0 Å². The second-order valence-corrected chi connectivity index (χ2v) is 4.77. The molecule has 0 heterocycles. The maximum Gasteiger partial charge on any atom is 0.0375 e. The molecule has 0 N–H and O–H groups in total. The Morgan fingerprint density at radius 1 is 1.24 bits per heavy atom. The second-order valence-electron chi connectivity index (χ2n) is 4.77. The van der Waals surface area contributed by atoms with E-state index in [1.807, 2.05) is 24.3 Å². The van der Waals surface area contributed by atoms with Crippen LogP contribution in [-0.2, 0) is 0 Å². The highest BCUT2D eigenvalue weighted by Crippen LogP contribution is 2.29. The molecule has 17 heavy (non-hydrogen) atoms.